The van der Waals surface area contributed by atoms with Gasteiger partial charge in [-0.3, -0.25) is 14.2 Å². The van der Waals surface area contributed by atoms with Gasteiger partial charge in [0.05, 0.1) is 24.2 Å². The van der Waals surface area contributed by atoms with Crippen LogP contribution in [0.25, 0.3) is 16.9 Å². The van der Waals surface area contributed by atoms with Gasteiger partial charge < -0.3 is 24.8 Å². The zero-order valence-electron chi connectivity index (χ0n) is 23.7. The van der Waals surface area contributed by atoms with E-state index in [-0.39, 0.29) is 29.5 Å². The fourth-order valence-corrected chi connectivity index (χ4v) is 6.11. The number of fused-ring (bicyclic) bond motifs is 1. The number of benzene rings is 1. The molecule has 1 aromatic carbocycles. The monoisotopic (exact) mass is 582 g/mol. The van der Waals surface area contributed by atoms with Gasteiger partial charge in [0.1, 0.15) is 11.6 Å². The second-order valence-corrected chi connectivity index (χ2v) is 11.2. The van der Waals surface area contributed by atoms with Crippen LogP contribution in [0.4, 0.5) is 20.5 Å². The Morgan fingerprint density at radius 1 is 1.00 bits per heavy atom. The van der Waals surface area contributed by atoms with Gasteiger partial charge in [-0.1, -0.05) is 12.1 Å². The topological polar surface area (TPSA) is 109 Å². The first-order valence-corrected chi connectivity index (χ1v) is 14.6. The Labute approximate surface area is 242 Å². The lowest BCUT2D eigenvalue weighted by atomic mass is 9.95. The number of rotatable bonds is 7. The molecule has 6 rings (SSSR count). The van der Waals surface area contributed by atoms with Gasteiger partial charge in [0.2, 0.25) is 17.8 Å². The molecule has 0 spiro atoms. The second kappa shape index (κ2) is 12.2. The molecule has 0 aliphatic carbocycles. The van der Waals surface area contributed by atoms with Crippen LogP contribution >= 0.6 is 0 Å². The van der Waals surface area contributed by atoms with Crippen molar-refractivity contribution < 1.29 is 23.1 Å². The third-order valence-electron chi connectivity index (χ3n) is 8.46. The highest BCUT2D eigenvalue weighted by Gasteiger charge is 2.33. The molecule has 3 aliphatic rings. The highest BCUT2D eigenvalue weighted by Crippen LogP contribution is 2.30. The van der Waals surface area contributed by atoms with Gasteiger partial charge in [0.25, 0.3) is 6.43 Å². The molecule has 3 aromatic rings. The van der Waals surface area contributed by atoms with E-state index in [9.17, 15) is 18.4 Å². The van der Waals surface area contributed by atoms with Crippen LogP contribution in [0, 0.1) is 11.8 Å². The second-order valence-electron chi connectivity index (χ2n) is 11.2. The van der Waals surface area contributed by atoms with E-state index in [1.165, 1.54) is 4.57 Å². The number of ether oxygens (including phenoxy) is 1. The molecule has 11 nitrogen and oxygen atoms in total. The van der Waals surface area contributed by atoms with Crippen LogP contribution in [0.15, 0.2) is 30.3 Å². The Morgan fingerprint density at radius 2 is 1.74 bits per heavy atom. The number of piperidine rings is 1. The fraction of sp³-hybridized carbons (Fsp3) is 0.552. The number of carbonyl (C=O) groups is 2. The van der Waals surface area contributed by atoms with Crippen molar-refractivity contribution in [1.82, 2.24) is 29.3 Å². The molecule has 2 amide bonds. The summed E-state index contributed by atoms with van der Waals surface area (Å²) in [5, 5.41) is 3.41. The predicted octanol–water partition coefficient (Wildman–Crippen LogP) is 3.11. The SMILES string of the molecule is CC(=O)N1CCC(C(=O)N2CC[C@H](CNc3cc(-n4c(C(F)F)nc5ccccc54)nc(N4CCOCC4)n3)C2)CC1. The zero-order chi connectivity index (χ0) is 29.2. The van der Waals surface area contributed by atoms with Crippen LogP contribution in [0.1, 0.15) is 38.4 Å². The summed E-state index contributed by atoms with van der Waals surface area (Å²) in [6.45, 7) is 7.02. The van der Waals surface area contributed by atoms with Crippen LogP contribution in [-0.2, 0) is 14.3 Å². The molecule has 224 valence electrons. The lowest BCUT2D eigenvalue weighted by Gasteiger charge is -2.32. The van der Waals surface area contributed by atoms with Crippen molar-refractivity contribution in [3.63, 3.8) is 0 Å². The van der Waals surface area contributed by atoms with Gasteiger partial charge in [0.15, 0.2) is 5.82 Å². The van der Waals surface area contributed by atoms with Gasteiger partial charge >= 0.3 is 0 Å². The van der Waals surface area contributed by atoms with E-state index in [2.05, 4.69) is 10.3 Å². The third-order valence-corrected chi connectivity index (χ3v) is 8.46. The molecule has 0 saturated carbocycles. The predicted molar refractivity (Wildman–Crippen MR) is 153 cm³/mol. The Hall–Kier alpha value is -3.87. The molecule has 1 atom stereocenters. The van der Waals surface area contributed by atoms with Crippen LogP contribution < -0.4 is 10.2 Å². The first-order valence-electron chi connectivity index (χ1n) is 14.6. The normalized spacial score (nSPS) is 20.1. The summed E-state index contributed by atoms with van der Waals surface area (Å²) in [7, 11) is 0. The number of alkyl halides is 2. The number of aromatic nitrogens is 4. The quantitative estimate of drug-likeness (QED) is 0.453. The summed E-state index contributed by atoms with van der Waals surface area (Å²) in [4.78, 5) is 44.2. The average Bonchev–Trinajstić information content (AvgIpc) is 3.65. The molecule has 3 saturated heterocycles. The largest absolute Gasteiger partial charge is 0.378 e. The van der Waals surface area contributed by atoms with E-state index in [0.29, 0.717) is 100 Å². The van der Waals surface area contributed by atoms with Crippen LogP contribution in [0.2, 0.25) is 0 Å². The summed E-state index contributed by atoms with van der Waals surface area (Å²) in [6, 6.07) is 8.71. The summed E-state index contributed by atoms with van der Waals surface area (Å²) in [6.07, 6.45) is -0.515. The Balaban J connectivity index is 1.19. The maximum absolute atomic E-state index is 14.1. The van der Waals surface area contributed by atoms with E-state index >= 15 is 0 Å². The van der Waals surface area contributed by atoms with Gasteiger partial charge in [0, 0.05) is 64.7 Å². The number of imidazole rings is 1. The van der Waals surface area contributed by atoms with Crippen molar-refractivity contribution in [1.29, 1.82) is 0 Å². The number of nitrogens with one attached hydrogen (secondary N) is 1. The van der Waals surface area contributed by atoms with E-state index in [1.54, 1.807) is 42.2 Å². The van der Waals surface area contributed by atoms with Crippen molar-refractivity contribution in [3.8, 4) is 5.82 Å². The third kappa shape index (κ3) is 5.87. The molecule has 42 heavy (non-hydrogen) atoms. The Kier molecular flexibility index (Phi) is 8.18. The van der Waals surface area contributed by atoms with Crippen molar-refractivity contribution in [2.45, 2.75) is 32.6 Å². The molecule has 5 heterocycles. The molecular weight excluding hydrogens is 546 g/mol. The highest BCUT2D eigenvalue weighted by atomic mass is 19.3. The Morgan fingerprint density at radius 3 is 2.48 bits per heavy atom. The summed E-state index contributed by atoms with van der Waals surface area (Å²) in [5.41, 5.74) is 1.01. The maximum Gasteiger partial charge on any atom is 0.296 e. The maximum atomic E-state index is 14.1. The number of para-hydroxylation sites is 2. The number of hydrogen-bond acceptors (Lipinski definition) is 8. The number of anilines is 2. The standard InChI is InChI=1S/C29H36F2N8O3/c1-19(40)36-10-7-21(8-11-36)28(41)38-9-6-20(18-38)17-32-24-16-25(35-29(34-24)37-12-14-42-15-13-37)39-23-5-3-2-4-22(23)33-27(39)26(30)31/h2-5,16,20-21,26H,6-15,17-18H2,1H3,(H,32,34,35)/t20-/m1/s1. The van der Waals surface area contributed by atoms with E-state index in [1.807, 2.05) is 9.80 Å². The van der Waals surface area contributed by atoms with Crippen LogP contribution in [-0.4, -0.2) is 100 Å². The number of halogens is 2. The fourth-order valence-electron chi connectivity index (χ4n) is 6.11. The summed E-state index contributed by atoms with van der Waals surface area (Å²) >= 11 is 0. The van der Waals surface area contributed by atoms with Crippen molar-refractivity contribution >= 4 is 34.6 Å². The van der Waals surface area contributed by atoms with E-state index < -0.39 is 6.43 Å². The smallest absolute Gasteiger partial charge is 0.296 e. The molecule has 3 fully saturated rings. The molecule has 3 aliphatic heterocycles. The molecule has 0 bridgehead atoms. The van der Waals surface area contributed by atoms with Crippen LogP contribution in [0.5, 0.6) is 0 Å². The number of carbonyl (C=O) groups excluding carboxylic acids is 2. The van der Waals surface area contributed by atoms with Crippen molar-refractivity contribution in [3.05, 3.63) is 36.2 Å². The van der Waals surface area contributed by atoms with Gasteiger partial charge in [-0.2, -0.15) is 9.97 Å². The molecule has 0 radical (unpaired) electrons. The molecular formula is C29H36F2N8O3. The van der Waals surface area contributed by atoms with E-state index in [4.69, 9.17) is 14.7 Å². The lowest BCUT2D eigenvalue weighted by molar-refractivity contribution is -0.139. The molecule has 1 N–H and O–H groups in total. The van der Waals surface area contributed by atoms with Gasteiger partial charge in [-0.05, 0) is 37.3 Å². The minimum Gasteiger partial charge on any atom is -0.378 e. The van der Waals surface area contributed by atoms with Gasteiger partial charge in [-0.15, -0.1) is 0 Å². The van der Waals surface area contributed by atoms with Crippen molar-refractivity contribution in [2.24, 2.45) is 11.8 Å². The number of hydrogen-bond donors (Lipinski definition) is 1. The Bertz CT molecular complexity index is 1440. The highest BCUT2D eigenvalue weighted by molar-refractivity contribution is 5.80. The lowest BCUT2D eigenvalue weighted by Crippen LogP contribution is -2.43. The first kappa shape index (κ1) is 28.3. The minimum atomic E-state index is -2.78. The number of nitrogens with zero attached hydrogens (tertiary/aromatic N) is 7. The molecule has 13 heteroatoms. The zero-order valence-corrected chi connectivity index (χ0v) is 23.7. The first-order chi connectivity index (χ1) is 20.4. The summed E-state index contributed by atoms with van der Waals surface area (Å²) in [5.74, 6) is 1.34. The molecule has 2 aromatic heterocycles. The number of likely N-dealkylation sites (tertiary alicyclic amines) is 2. The van der Waals surface area contributed by atoms with E-state index in [0.717, 1.165) is 6.42 Å². The number of morpholine rings is 1. The number of amides is 2. The minimum absolute atomic E-state index is 0.0400. The van der Waals surface area contributed by atoms with Gasteiger partial charge in [-0.25, -0.2) is 13.8 Å². The summed E-state index contributed by atoms with van der Waals surface area (Å²) < 4.78 is 35.2. The molecule has 0 unspecified atom stereocenters. The van der Waals surface area contributed by atoms with Crippen LogP contribution in [0.3, 0.4) is 0 Å². The average molecular weight is 583 g/mol. The van der Waals surface area contributed by atoms with Crippen molar-refractivity contribution in [2.75, 3.05) is 69.2 Å².